The number of ether oxygens (including phenoxy) is 1. The Kier molecular flexibility index (Phi) is 5.42. The monoisotopic (exact) mass is 237 g/mol. The first kappa shape index (κ1) is 13.4. The lowest BCUT2D eigenvalue weighted by molar-refractivity contribution is -0.137. The molecule has 0 saturated heterocycles. The summed E-state index contributed by atoms with van der Waals surface area (Å²) < 4.78 is 6.60. The van der Waals surface area contributed by atoms with Gasteiger partial charge in [-0.15, -0.1) is 0 Å². The summed E-state index contributed by atoms with van der Waals surface area (Å²) in [6, 6.07) is 0. The number of carbonyl (C=O) groups is 1. The maximum Gasteiger partial charge on any atom is 0.330 e. The van der Waals surface area contributed by atoms with Crippen molar-refractivity contribution in [2.75, 3.05) is 13.2 Å². The Morgan fingerprint density at radius 1 is 1.65 bits per heavy atom. The Morgan fingerprint density at radius 2 is 2.41 bits per heavy atom. The quantitative estimate of drug-likeness (QED) is 0.454. The molecule has 5 nitrogen and oxygen atoms in total. The van der Waals surface area contributed by atoms with E-state index in [4.69, 9.17) is 4.74 Å². The van der Waals surface area contributed by atoms with Crippen LogP contribution in [0, 0.1) is 6.92 Å². The molecule has 0 aliphatic carbocycles. The van der Waals surface area contributed by atoms with Gasteiger partial charge in [-0.05, 0) is 13.8 Å². The second kappa shape index (κ2) is 6.85. The number of nitrogens with zero attached hydrogens (tertiary/aromatic N) is 2. The minimum atomic E-state index is -0.299. The van der Waals surface area contributed by atoms with Gasteiger partial charge in [-0.3, -0.25) is 4.68 Å². The van der Waals surface area contributed by atoms with Crippen molar-refractivity contribution in [2.24, 2.45) is 7.05 Å². The smallest absolute Gasteiger partial charge is 0.330 e. The van der Waals surface area contributed by atoms with E-state index in [0.717, 1.165) is 17.8 Å². The van der Waals surface area contributed by atoms with E-state index < -0.39 is 0 Å². The third-order valence-electron chi connectivity index (χ3n) is 2.46. The summed E-state index contributed by atoms with van der Waals surface area (Å²) in [6.07, 6.45) is 5.04. The fourth-order valence-corrected chi connectivity index (χ4v) is 1.35. The van der Waals surface area contributed by atoms with Gasteiger partial charge in [0.15, 0.2) is 0 Å². The molecule has 0 bridgehead atoms. The SMILES string of the molecule is CCOC(=O)/C=C/CNCc1cnn(C)c1C. The van der Waals surface area contributed by atoms with E-state index in [1.54, 1.807) is 13.0 Å². The van der Waals surface area contributed by atoms with Crippen LogP contribution in [0.2, 0.25) is 0 Å². The molecule has 0 unspecified atom stereocenters. The molecule has 0 fully saturated rings. The van der Waals surface area contributed by atoms with Crippen molar-refractivity contribution in [3.8, 4) is 0 Å². The molecule has 0 aliphatic rings. The fraction of sp³-hybridized carbons (Fsp3) is 0.500. The van der Waals surface area contributed by atoms with Gasteiger partial charge in [0.1, 0.15) is 0 Å². The molecular formula is C12H19N3O2. The summed E-state index contributed by atoms with van der Waals surface area (Å²) in [5.74, 6) is -0.299. The fourth-order valence-electron chi connectivity index (χ4n) is 1.35. The van der Waals surface area contributed by atoms with Gasteiger partial charge >= 0.3 is 5.97 Å². The highest BCUT2D eigenvalue weighted by molar-refractivity contribution is 5.81. The van der Waals surface area contributed by atoms with Crippen molar-refractivity contribution in [3.63, 3.8) is 0 Å². The molecule has 1 rings (SSSR count). The van der Waals surface area contributed by atoms with Gasteiger partial charge in [-0.25, -0.2) is 4.79 Å². The van der Waals surface area contributed by atoms with Crippen LogP contribution in [0.5, 0.6) is 0 Å². The Hall–Kier alpha value is -1.62. The number of carbonyl (C=O) groups excluding carboxylic acids is 1. The van der Waals surface area contributed by atoms with E-state index in [9.17, 15) is 4.79 Å². The number of aromatic nitrogens is 2. The topological polar surface area (TPSA) is 56.1 Å². The zero-order valence-corrected chi connectivity index (χ0v) is 10.6. The second-order valence-electron chi connectivity index (χ2n) is 3.66. The summed E-state index contributed by atoms with van der Waals surface area (Å²) in [5, 5.41) is 7.36. The number of esters is 1. The number of nitrogens with one attached hydrogen (secondary N) is 1. The Morgan fingerprint density at radius 3 is 3.00 bits per heavy atom. The second-order valence-corrected chi connectivity index (χ2v) is 3.66. The molecule has 0 saturated carbocycles. The average molecular weight is 237 g/mol. The highest BCUT2D eigenvalue weighted by atomic mass is 16.5. The number of hydrogen-bond acceptors (Lipinski definition) is 4. The van der Waals surface area contributed by atoms with Gasteiger partial charge in [-0.2, -0.15) is 5.10 Å². The van der Waals surface area contributed by atoms with Crippen molar-refractivity contribution in [1.29, 1.82) is 0 Å². The first-order chi connectivity index (χ1) is 8.15. The van der Waals surface area contributed by atoms with Gasteiger partial charge in [-0.1, -0.05) is 6.08 Å². The minimum absolute atomic E-state index is 0.299. The minimum Gasteiger partial charge on any atom is -0.463 e. The predicted molar refractivity (Wildman–Crippen MR) is 65.4 cm³/mol. The summed E-state index contributed by atoms with van der Waals surface area (Å²) in [7, 11) is 1.92. The molecule has 5 heteroatoms. The summed E-state index contributed by atoms with van der Waals surface area (Å²) in [5.41, 5.74) is 2.31. The number of aryl methyl sites for hydroxylation is 1. The van der Waals surface area contributed by atoms with Gasteiger partial charge in [0, 0.05) is 37.5 Å². The molecule has 1 N–H and O–H groups in total. The molecule has 1 aromatic rings. The summed E-state index contributed by atoms with van der Waals surface area (Å²) in [6.45, 7) is 5.60. The molecule has 1 aromatic heterocycles. The van der Waals surface area contributed by atoms with Crippen LogP contribution in [0.25, 0.3) is 0 Å². The standard InChI is InChI=1S/C12H19N3O2/c1-4-17-12(16)6-5-7-13-8-11-9-14-15(3)10(11)2/h5-6,9,13H,4,7-8H2,1-3H3/b6-5+. The average Bonchev–Trinajstić information content (AvgIpc) is 2.60. The van der Waals surface area contributed by atoms with Crippen LogP contribution < -0.4 is 5.32 Å². The lowest BCUT2D eigenvalue weighted by atomic mass is 10.2. The Labute approximate surface area is 101 Å². The van der Waals surface area contributed by atoms with Gasteiger partial charge in [0.05, 0.1) is 12.8 Å². The molecule has 1 heterocycles. The van der Waals surface area contributed by atoms with Crippen LogP contribution in [0.4, 0.5) is 0 Å². The van der Waals surface area contributed by atoms with E-state index >= 15 is 0 Å². The highest BCUT2D eigenvalue weighted by Crippen LogP contribution is 2.04. The normalized spacial score (nSPS) is 11.0. The van der Waals surface area contributed by atoms with E-state index in [1.807, 2.05) is 24.9 Å². The van der Waals surface area contributed by atoms with E-state index in [0.29, 0.717) is 13.2 Å². The molecule has 0 atom stereocenters. The molecule has 94 valence electrons. The Bertz CT molecular complexity index is 396. The van der Waals surface area contributed by atoms with Crippen molar-refractivity contribution in [3.05, 3.63) is 29.6 Å². The Balaban J connectivity index is 2.25. The lowest BCUT2D eigenvalue weighted by Gasteiger charge is -2.01. The maximum atomic E-state index is 11.0. The van der Waals surface area contributed by atoms with Crippen LogP contribution >= 0.6 is 0 Å². The number of hydrogen-bond donors (Lipinski definition) is 1. The van der Waals surface area contributed by atoms with Crippen molar-refractivity contribution in [2.45, 2.75) is 20.4 Å². The van der Waals surface area contributed by atoms with Crippen LogP contribution in [0.3, 0.4) is 0 Å². The molecule has 0 spiro atoms. The molecule has 0 aromatic carbocycles. The zero-order valence-electron chi connectivity index (χ0n) is 10.6. The molecule has 0 aliphatic heterocycles. The van der Waals surface area contributed by atoms with E-state index in [1.165, 1.54) is 6.08 Å². The van der Waals surface area contributed by atoms with Crippen molar-refractivity contribution >= 4 is 5.97 Å². The van der Waals surface area contributed by atoms with E-state index in [-0.39, 0.29) is 5.97 Å². The zero-order chi connectivity index (χ0) is 12.7. The molecule has 0 radical (unpaired) electrons. The molecular weight excluding hydrogens is 218 g/mol. The van der Waals surface area contributed by atoms with Gasteiger partial charge < -0.3 is 10.1 Å². The largest absolute Gasteiger partial charge is 0.463 e. The highest BCUT2D eigenvalue weighted by Gasteiger charge is 2.01. The van der Waals surface area contributed by atoms with E-state index in [2.05, 4.69) is 10.4 Å². The van der Waals surface area contributed by atoms with Crippen molar-refractivity contribution in [1.82, 2.24) is 15.1 Å². The summed E-state index contributed by atoms with van der Waals surface area (Å²) >= 11 is 0. The first-order valence-corrected chi connectivity index (χ1v) is 5.66. The van der Waals surface area contributed by atoms with Crippen LogP contribution in [-0.2, 0) is 23.1 Å². The van der Waals surface area contributed by atoms with Crippen LogP contribution in [0.1, 0.15) is 18.2 Å². The maximum absolute atomic E-state index is 11.0. The van der Waals surface area contributed by atoms with Gasteiger partial charge in [0.25, 0.3) is 0 Å². The lowest BCUT2D eigenvalue weighted by Crippen LogP contribution is -2.14. The van der Waals surface area contributed by atoms with Crippen molar-refractivity contribution < 1.29 is 9.53 Å². The summed E-state index contributed by atoms with van der Waals surface area (Å²) in [4.78, 5) is 11.0. The third kappa shape index (κ3) is 4.40. The van der Waals surface area contributed by atoms with Gasteiger partial charge in [0.2, 0.25) is 0 Å². The third-order valence-corrected chi connectivity index (χ3v) is 2.46. The molecule has 17 heavy (non-hydrogen) atoms. The number of rotatable bonds is 6. The van der Waals surface area contributed by atoms with Crippen LogP contribution in [0.15, 0.2) is 18.3 Å². The molecule has 0 amide bonds. The predicted octanol–water partition coefficient (Wildman–Crippen LogP) is 0.937. The first-order valence-electron chi connectivity index (χ1n) is 5.66. The van der Waals surface area contributed by atoms with Crippen LogP contribution in [-0.4, -0.2) is 28.9 Å².